The number of methoxy groups -OCH3 is 1. The van der Waals surface area contributed by atoms with Crippen LogP contribution in [0.1, 0.15) is 42.7 Å². The van der Waals surface area contributed by atoms with E-state index in [0.717, 1.165) is 28.9 Å². The van der Waals surface area contributed by atoms with Crippen LogP contribution in [0.15, 0.2) is 55.0 Å². The van der Waals surface area contributed by atoms with Crippen LogP contribution in [0.4, 0.5) is 23.0 Å². The van der Waals surface area contributed by atoms with Crippen molar-refractivity contribution in [1.29, 1.82) is 0 Å². The second-order valence-electron chi connectivity index (χ2n) is 9.83. The van der Waals surface area contributed by atoms with Crippen molar-refractivity contribution >= 4 is 46.4 Å². The fourth-order valence-corrected chi connectivity index (χ4v) is 4.86. The standard InChI is InChI=1S/C29H30ClN7O3/c1-17(2)37-16-21(14-32-37)27-23(30)15-31-29(34-27)33-24-8-6-20(13-26(24)40-5)28(39)35(4)22-7-9-25-19(12-22)10-11-36(25)18(3)38/h6-9,12-17H,10-11H2,1-5H3,(H,31,33,34). The molecule has 0 saturated heterocycles. The highest BCUT2D eigenvalue weighted by molar-refractivity contribution is 6.32. The molecule has 2 aromatic carbocycles. The van der Waals surface area contributed by atoms with Gasteiger partial charge < -0.3 is 19.9 Å². The number of aromatic nitrogens is 4. The summed E-state index contributed by atoms with van der Waals surface area (Å²) >= 11 is 6.39. The minimum atomic E-state index is -0.196. The van der Waals surface area contributed by atoms with Crippen LogP contribution in [0, 0.1) is 0 Å². The van der Waals surface area contributed by atoms with Crippen molar-refractivity contribution in [3.63, 3.8) is 0 Å². The molecule has 2 amide bonds. The Morgan fingerprint density at radius 3 is 2.65 bits per heavy atom. The van der Waals surface area contributed by atoms with Gasteiger partial charge in [-0.1, -0.05) is 11.6 Å². The lowest BCUT2D eigenvalue weighted by Gasteiger charge is -2.20. The molecule has 0 bridgehead atoms. The number of ether oxygens (including phenoxy) is 1. The van der Waals surface area contributed by atoms with Gasteiger partial charge in [-0.25, -0.2) is 9.97 Å². The maximum atomic E-state index is 13.4. The molecule has 206 valence electrons. The summed E-state index contributed by atoms with van der Waals surface area (Å²) in [5, 5.41) is 7.95. The van der Waals surface area contributed by atoms with Crippen molar-refractivity contribution in [2.45, 2.75) is 33.2 Å². The summed E-state index contributed by atoms with van der Waals surface area (Å²) in [5.41, 5.74) is 5.07. The average molecular weight is 560 g/mol. The van der Waals surface area contributed by atoms with E-state index in [4.69, 9.17) is 16.3 Å². The van der Waals surface area contributed by atoms with Gasteiger partial charge in [0.05, 0.1) is 35.9 Å². The molecule has 0 atom stereocenters. The highest BCUT2D eigenvalue weighted by Gasteiger charge is 2.24. The SMILES string of the molecule is COc1cc(C(=O)N(C)c2ccc3c(c2)CCN3C(C)=O)ccc1Nc1ncc(Cl)c(-c2cnn(C(C)C)c2)n1. The van der Waals surface area contributed by atoms with Gasteiger partial charge in [0.2, 0.25) is 11.9 Å². The molecule has 1 aliphatic heterocycles. The Balaban J connectivity index is 1.36. The topological polar surface area (TPSA) is 105 Å². The lowest BCUT2D eigenvalue weighted by atomic mass is 10.1. The summed E-state index contributed by atoms with van der Waals surface area (Å²) < 4.78 is 7.42. The molecule has 4 aromatic rings. The van der Waals surface area contributed by atoms with Crippen molar-refractivity contribution in [3.05, 3.63) is 71.1 Å². The predicted molar refractivity (Wildman–Crippen MR) is 156 cm³/mol. The lowest BCUT2D eigenvalue weighted by Crippen LogP contribution is -2.27. The molecule has 0 fully saturated rings. The predicted octanol–water partition coefficient (Wildman–Crippen LogP) is 5.51. The van der Waals surface area contributed by atoms with Crippen LogP contribution in [0.2, 0.25) is 5.02 Å². The smallest absolute Gasteiger partial charge is 0.258 e. The van der Waals surface area contributed by atoms with Crippen LogP contribution in [0.25, 0.3) is 11.3 Å². The first kappa shape index (κ1) is 27.1. The van der Waals surface area contributed by atoms with Crippen LogP contribution in [-0.4, -0.2) is 52.3 Å². The van der Waals surface area contributed by atoms with Gasteiger partial charge in [-0.3, -0.25) is 14.3 Å². The Morgan fingerprint density at radius 2 is 1.95 bits per heavy atom. The molecule has 40 heavy (non-hydrogen) atoms. The summed E-state index contributed by atoms with van der Waals surface area (Å²) in [5.74, 6) is 0.597. The van der Waals surface area contributed by atoms with Crippen molar-refractivity contribution < 1.29 is 14.3 Å². The number of nitrogens with zero attached hydrogens (tertiary/aromatic N) is 6. The molecule has 0 radical (unpaired) electrons. The Bertz CT molecular complexity index is 1600. The number of amides is 2. The van der Waals surface area contributed by atoms with E-state index < -0.39 is 0 Å². The maximum Gasteiger partial charge on any atom is 0.258 e. The zero-order chi connectivity index (χ0) is 28.6. The molecule has 1 aliphatic rings. The molecule has 0 saturated carbocycles. The zero-order valence-corrected chi connectivity index (χ0v) is 23.7. The first-order chi connectivity index (χ1) is 19.2. The second-order valence-corrected chi connectivity index (χ2v) is 10.2. The molecular formula is C29H30ClN7O3. The fourth-order valence-electron chi connectivity index (χ4n) is 4.66. The highest BCUT2D eigenvalue weighted by atomic mass is 35.5. The van der Waals surface area contributed by atoms with Crippen LogP contribution < -0.4 is 19.9 Å². The molecular weight excluding hydrogens is 530 g/mol. The summed E-state index contributed by atoms with van der Waals surface area (Å²) in [6.07, 6.45) is 5.90. The summed E-state index contributed by atoms with van der Waals surface area (Å²) in [7, 11) is 3.26. The van der Waals surface area contributed by atoms with E-state index in [-0.39, 0.29) is 17.9 Å². The highest BCUT2D eigenvalue weighted by Crippen LogP contribution is 2.34. The number of anilines is 4. The van der Waals surface area contributed by atoms with E-state index in [9.17, 15) is 9.59 Å². The van der Waals surface area contributed by atoms with Crippen molar-refractivity contribution in [3.8, 4) is 17.0 Å². The number of halogens is 1. The number of carbonyl (C=O) groups excluding carboxylic acids is 2. The Labute approximate surface area is 237 Å². The summed E-state index contributed by atoms with van der Waals surface area (Å²) in [6, 6.07) is 11.1. The number of hydrogen-bond acceptors (Lipinski definition) is 7. The third-order valence-electron chi connectivity index (χ3n) is 6.87. The monoisotopic (exact) mass is 559 g/mol. The molecule has 0 unspecified atom stereocenters. The van der Waals surface area contributed by atoms with Gasteiger partial charge in [-0.2, -0.15) is 5.10 Å². The van der Waals surface area contributed by atoms with Crippen molar-refractivity contribution in [2.75, 3.05) is 35.8 Å². The number of fused-ring (bicyclic) bond motifs is 1. The van der Waals surface area contributed by atoms with Gasteiger partial charge in [-0.15, -0.1) is 0 Å². The quantitative estimate of drug-likeness (QED) is 0.318. The molecule has 0 aliphatic carbocycles. The molecule has 11 heteroatoms. The van der Waals surface area contributed by atoms with Gasteiger partial charge in [0.1, 0.15) is 5.75 Å². The van der Waals surface area contributed by atoms with Gasteiger partial charge in [0, 0.05) is 55.3 Å². The number of benzene rings is 2. The molecule has 2 aromatic heterocycles. The van der Waals surface area contributed by atoms with E-state index in [1.54, 1.807) is 48.2 Å². The van der Waals surface area contributed by atoms with Crippen molar-refractivity contribution in [1.82, 2.24) is 19.7 Å². The van der Waals surface area contributed by atoms with Crippen LogP contribution in [-0.2, 0) is 11.2 Å². The Morgan fingerprint density at radius 1 is 1.15 bits per heavy atom. The van der Waals surface area contributed by atoms with Crippen molar-refractivity contribution in [2.24, 2.45) is 0 Å². The van der Waals surface area contributed by atoms with E-state index >= 15 is 0 Å². The zero-order valence-electron chi connectivity index (χ0n) is 23.0. The van der Waals surface area contributed by atoms with E-state index in [2.05, 4.69) is 20.4 Å². The molecule has 10 nitrogen and oxygen atoms in total. The fraction of sp³-hybridized carbons (Fsp3) is 0.276. The maximum absolute atomic E-state index is 13.4. The van der Waals surface area contributed by atoms with E-state index in [0.29, 0.717) is 40.2 Å². The average Bonchev–Trinajstić information content (AvgIpc) is 3.61. The normalized spacial score (nSPS) is 12.4. The lowest BCUT2D eigenvalue weighted by molar-refractivity contribution is -0.116. The minimum absolute atomic E-state index is 0.0131. The second kappa shape index (κ2) is 11.0. The van der Waals surface area contributed by atoms with Gasteiger partial charge in [0.15, 0.2) is 0 Å². The van der Waals surface area contributed by atoms with Gasteiger partial charge in [0.25, 0.3) is 5.91 Å². The molecule has 3 heterocycles. The third kappa shape index (κ3) is 5.22. The van der Waals surface area contributed by atoms with Crippen LogP contribution in [0.3, 0.4) is 0 Å². The third-order valence-corrected chi connectivity index (χ3v) is 7.15. The minimum Gasteiger partial charge on any atom is -0.495 e. The summed E-state index contributed by atoms with van der Waals surface area (Å²) in [4.78, 5) is 37.5. The number of hydrogen-bond donors (Lipinski definition) is 1. The van der Waals surface area contributed by atoms with Crippen LogP contribution >= 0.6 is 11.6 Å². The largest absolute Gasteiger partial charge is 0.495 e. The van der Waals surface area contributed by atoms with E-state index in [1.165, 1.54) is 13.3 Å². The first-order valence-electron chi connectivity index (χ1n) is 12.9. The van der Waals surface area contributed by atoms with Gasteiger partial charge in [-0.05, 0) is 62.2 Å². The molecule has 5 rings (SSSR count). The first-order valence-corrected chi connectivity index (χ1v) is 13.2. The number of nitrogens with one attached hydrogen (secondary N) is 1. The Kier molecular flexibility index (Phi) is 7.44. The molecule has 0 spiro atoms. The number of rotatable bonds is 7. The Hall–Kier alpha value is -4.44. The molecule has 1 N–H and O–H groups in total. The van der Waals surface area contributed by atoms with Gasteiger partial charge >= 0.3 is 0 Å². The van der Waals surface area contributed by atoms with Crippen LogP contribution in [0.5, 0.6) is 5.75 Å². The summed E-state index contributed by atoms with van der Waals surface area (Å²) in [6.45, 7) is 6.29. The number of carbonyl (C=O) groups is 2. The van der Waals surface area contributed by atoms with E-state index in [1.807, 2.05) is 42.9 Å².